The number of nitrogens with one attached hydrogen (secondary N) is 1. The molecule has 2 rings (SSSR count). The van der Waals surface area contributed by atoms with Crippen molar-refractivity contribution in [2.75, 3.05) is 6.61 Å². The highest BCUT2D eigenvalue weighted by Crippen LogP contribution is 2.18. The number of carbonyl (C=O) groups excluding carboxylic acids is 1. The molecule has 5 nitrogen and oxygen atoms in total. The fourth-order valence-corrected chi connectivity index (χ4v) is 1.74. The topological polar surface area (TPSA) is 81.0 Å². The van der Waals surface area contributed by atoms with Crippen LogP contribution < -0.4 is 5.73 Å². The van der Waals surface area contributed by atoms with Crippen molar-refractivity contribution in [2.45, 2.75) is 25.9 Å². The lowest BCUT2D eigenvalue weighted by molar-refractivity contribution is 0.0737. The molecule has 1 aromatic rings. The van der Waals surface area contributed by atoms with E-state index < -0.39 is 5.91 Å². The van der Waals surface area contributed by atoms with E-state index in [1.807, 2.05) is 6.92 Å². The lowest BCUT2D eigenvalue weighted by atomic mass is 10.1. The summed E-state index contributed by atoms with van der Waals surface area (Å²) < 4.78 is 5.48. The normalized spacial score (nSPS) is 21.4. The van der Waals surface area contributed by atoms with Gasteiger partial charge in [0.1, 0.15) is 0 Å². The second kappa shape index (κ2) is 3.42. The number of carbonyl (C=O) groups is 1. The van der Waals surface area contributed by atoms with Crippen molar-refractivity contribution in [1.29, 1.82) is 0 Å². The largest absolute Gasteiger partial charge is 0.378 e. The Hall–Kier alpha value is -1.36. The Morgan fingerprint density at radius 2 is 2.50 bits per heavy atom. The maximum absolute atomic E-state index is 11.1. The van der Waals surface area contributed by atoms with Gasteiger partial charge in [0.15, 0.2) is 5.69 Å². The van der Waals surface area contributed by atoms with Crippen LogP contribution in [0.1, 0.15) is 28.7 Å². The van der Waals surface area contributed by atoms with Crippen LogP contribution in [0.2, 0.25) is 0 Å². The molecular formula is C9H13N3O2. The third kappa shape index (κ3) is 1.50. The molecule has 5 heteroatoms. The van der Waals surface area contributed by atoms with Crippen LogP contribution in [-0.2, 0) is 17.6 Å². The number of aromatic amines is 1. The Morgan fingerprint density at radius 3 is 3.21 bits per heavy atom. The van der Waals surface area contributed by atoms with Gasteiger partial charge in [-0.25, -0.2) is 0 Å². The minimum atomic E-state index is -0.475. The van der Waals surface area contributed by atoms with Crippen LogP contribution in [0.4, 0.5) is 0 Å². The summed E-state index contributed by atoms with van der Waals surface area (Å²) in [7, 11) is 0. The van der Waals surface area contributed by atoms with Crippen molar-refractivity contribution in [3.63, 3.8) is 0 Å². The number of hydrogen-bond donors (Lipinski definition) is 2. The number of rotatable bonds is 1. The fraction of sp³-hybridized carbons (Fsp3) is 0.556. The number of aromatic nitrogens is 2. The summed E-state index contributed by atoms with van der Waals surface area (Å²) in [6, 6.07) is 0. The van der Waals surface area contributed by atoms with Crippen molar-refractivity contribution in [1.82, 2.24) is 10.2 Å². The quantitative estimate of drug-likeness (QED) is 0.662. The standard InChI is InChI=1S/C9H13N3O2/c1-5-4-6-7(2-3-14-5)11-12-8(6)9(10)13/h5H,2-4H2,1H3,(H2,10,13)(H,11,12). The summed E-state index contributed by atoms with van der Waals surface area (Å²) in [5.74, 6) is -0.475. The van der Waals surface area contributed by atoms with Gasteiger partial charge in [0.25, 0.3) is 5.91 Å². The zero-order chi connectivity index (χ0) is 10.1. The Morgan fingerprint density at radius 1 is 1.71 bits per heavy atom. The first-order valence-corrected chi connectivity index (χ1v) is 4.66. The predicted octanol–water partition coefficient (Wildman–Crippen LogP) is 0.0123. The number of ether oxygens (including phenoxy) is 1. The number of amides is 1. The third-order valence-corrected chi connectivity index (χ3v) is 2.43. The minimum Gasteiger partial charge on any atom is -0.378 e. The van der Waals surface area contributed by atoms with Crippen molar-refractivity contribution < 1.29 is 9.53 Å². The summed E-state index contributed by atoms with van der Waals surface area (Å²) in [5, 5.41) is 6.76. The van der Waals surface area contributed by atoms with Crippen molar-refractivity contribution in [3.05, 3.63) is 17.0 Å². The van der Waals surface area contributed by atoms with Crippen molar-refractivity contribution in [2.24, 2.45) is 5.73 Å². The summed E-state index contributed by atoms with van der Waals surface area (Å²) in [4.78, 5) is 11.1. The molecule has 0 saturated heterocycles. The van der Waals surface area contributed by atoms with Gasteiger partial charge in [-0.2, -0.15) is 5.10 Å². The van der Waals surface area contributed by atoms with Gasteiger partial charge in [0.05, 0.1) is 12.7 Å². The number of hydrogen-bond acceptors (Lipinski definition) is 3. The molecule has 1 aliphatic rings. The van der Waals surface area contributed by atoms with Gasteiger partial charge < -0.3 is 10.5 Å². The minimum absolute atomic E-state index is 0.118. The van der Waals surface area contributed by atoms with Crippen LogP contribution in [0, 0.1) is 0 Å². The lowest BCUT2D eigenvalue weighted by Crippen LogP contribution is -2.16. The van der Waals surface area contributed by atoms with Gasteiger partial charge in [0.2, 0.25) is 0 Å². The molecule has 1 amide bonds. The predicted molar refractivity (Wildman–Crippen MR) is 49.9 cm³/mol. The van der Waals surface area contributed by atoms with E-state index in [-0.39, 0.29) is 6.10 Å². The molecule has 1 aliphatic heterocycles. The van der Waals surface area contributed by atoms with Crippen LogP contribution >= 0.6 is 0 Å². The van der Waals surface area contributed by atoms with Crippen LogP contribution in [0.15, 0.2) is 0 Å². The van der Waals surface area contributed by atoms with Crippen LogP contribution in [0.5, 0.6) is 0 Å². The first-order chi connectivity index (χ1) is 6.68. The number of H-pyrrole nitrogens is 1. The Bertz CT molecular complexity index is 359. The van der Waals surface area contributed by atoms with Gasteiger partial charge in [0, 0.05) is 24.1 Å². The van der Waals surface area contributed by atoms with E-state index in [1.165, 1.54) is 0 Å². The number of primary amides is 1. The number of fused-ring (bicyclic) bond motifs is 1. The highest BCUT2D eigenvalue weighted by molar-refractivity contribution is 5.92. The molecule has 0 bridgehead atoms. The third-order valence-electron chi connectivity index (χ3n) is 2.43. The molecule has 76 valence electrons. The van der Waals surface area contributed by atoms with E-state index in [4.69, 9.17) is 10.5 Å². The average molecular weight is 195 g/mol. The molecule has 1 atom stereocenters. The van der Waals surface area contributed by atoms with E-state index >= 15 is 0 Å². The van der Waals surface area contributed by atoms with Crippen LogP contribution in [0.25, 0.3) is 0 Å². The maximum Gasteiger partial charge on any atom is 0.269 e. The highest BCUT2D eigenvalue weighted by Gasteiger charge is 2.21. The zero-order valence-corrected chi connectivity index (χ0v) is 8.04. The Balaban J connectivity index is 2.39. The second-order valence-electron chi connectivity index (χ2n) is 3.53. The molecule has 1 unspecified atom stereocenters. The smallest absolute Gasteiger partial charge is 0.269 e. The summed E-state index contributed by atoms with van der Waals surface area (Å²) in [6.45, 7) is 2.64. The number of nitrogens with zero attached hydrogens (tertiary/aromatic N) is 1. The molecular weight excluding hydrogens is 182 g/mol. The van der Waals surface area contributed by atoms with Gasteiger partial charge in [-0.15, -0.1) is 0 Å². The van der Waals surface area contributed by atoms with Crippen LogP contribution in [-0.4, -0.2) is 28.8 Å². The summed E-state index contributed by atoms with van der Waals surface area (Å²) in [5.41, 5.74) is 7.47. The van der Waals surface area contributed by atoms with E-state index in [0.29, 0.717) is 18.7 Å². The molecule has 2 heterocycles. The average Bonchev–Trinajstić information content (AvgIpc) is 2.41. The van der Waals surface area contributed by atoms with E-state index in [0.717, 1.165) is 17.7 Å². The molecule has 0 aromatic carbocycles. The summed E-state index contributed by atoms with van der Waals surface area (Å²) in [6.07, 6.45) is 1.58. The number of nitrogens with two attached hydrogens (primary N) is 1. The molecule has 1 aromatic heterocycles. The summed E-state index contributed by atoms with van der Waals surface area (Å²) >= 11 is 0. The Kier molecular flexibility index (Phi) is 2.25. The zero-order valence-electron chi connectivity index (χ0n) is 8.04. The van der Waals surface area contributed by atoms with Gasteiger partial charge >= 0.3 is 0 Å². The Labute approximate surface area is 81.6 Å². The van der Waals surface area contributed by atoms with Gasteiger partial charge in [-0.1, -0.05) is 0 Å². The molecule has 0 fully saturated rings. The van der Waals surface area contributed by atoms with E-state index in [2.05, 4.69) is 10.2 Å². The lowest BCUT2D eigenvalue weighted by Gasteiger charge is -2.07. The van der Waals surface area contributed by atoms with Crippen LogP contribution in [0.3, 0.4) is 0 Å². The van der Waals surface area contributed by atoms with E-state index in [9.17, 15) is 4.79 Å². The first-order valence-electron chi connectivity index (χ1n) is 4.66. The van der Waals surface area contributed by atoms with Gasteiger partial charge in [-0.3, -0.25) is 9.89 Å². The molecule has 0 saturated carbocycles. The highest BCUT2D eigenvalue weighted by atomic mass is 16.5. The SMILES string of the molecule is CC1Cc2c(C(N)=O)n[nH]c2CCO1. The monoisotopic (exact) mass is 195 g/mol. The molecule has 0 aliphatic carbocycles. The molecule has 14 heavy (non-hydrogen) atoms. The van der Waals surface area contributed by atoms with E-state index in [1.54, 1.807) is 0 Å². The maximum atomic E-state index is 11.1. The van der Waals surface area contributed by atoms with Gasteiger partial charge in [-0.05, 0) is 6.92 Å². The van der Waals surface area contributed by atoms with Crippen molar-refractivity contribution in [3.8, 4) is 0 Å². The van der Waals surface area contributed by atoms with Crippen molar-refractivity contribution >= 4 is 5.91 Å². The second-order valence-corrected chi connectivity index (χ2v) is 3.53. The first kappa shape index (κ1) is 9.21. The molecule has 3 N–H and O–H groups in total. The molecule has 0 spiro atoms. The molecule has 0 radical (unpaired) electrons. The fourth-order valence-electron chi connectivity index (χ4n) is 1.74.